The molecule has 0 aliphatic heterocycles. The van der Waals surface area contributed by atoms with E-state index >= 15 is 0 Å². The van der Waals surface area contributed by atoms with E-state index in [-0.39, 0.29) is 43.0 Å². The second-order valence-corrected chi connectivity index (χ2v) is 14.1. The average molecular weight is 693 g/mol. The number of aliphatic hydroxyl groups excluding tert-OH is 3. The molecule has 0 amide bonds. The van der Waals surface area contributed by atoms with Crippen molar-refractivity contribution in [3.05, 3.63) is 24.3 Å². The molecule has 5 atom stereocenters. The first-order valence-electron chi connectivity index (χ1n) is 20.0. The minimum Gasteiger partial charge on any atom is -0.462 e. The molecule has 1 aliphatic rings. The van der Waals surface area contributed by atoms with Gasteiger partial charge in [0.1, 0.15) is 12.4 Å². The molecule has 0 radical (unpaired) electrons. The lowest BCUT2D eigenvalue weighted by Gasteiger charge is -2.16. The first kappa shape index (κ1) is 45.0. The highest BCUT2D eigenvalue weighted by molar-refractivity contribution is 5.84. The van der Waals surface area contributed by atoms with Gasteiger partial charge in [-0.15, -0.1) is 0 Å². The van der Waals surface area contributed by atoms with Gasteiger partial charge in [-0.3, -0.25) is 14.4 Å². The third kappa shape index (κ3) is 23.9. The fraction of sp³-hybridized carbons (Fsp3) is 0.829. The molecule has 1 rings (SSSR count). The predicted molar refractivity (Wildman–Crippen MR) is 197 cm³/mol. The van der Waals surface area contributed by atoms with Crippen molar-refractivity contribution in [3.8, 4) is 0 Å². The molecule has 49 heavy (non-hydrogen) atoms. The zero-order chi connectivity index (χ0) is 36.0. The number of esters is 2. The Kier molecular flexibility index (Phi) is 28.2. The van der Waals surface area contributed by atoms with Crippen molar-refractivity contribution in [2.45, 2.75) is 193 Å². The van der Waals surface area contributed by atoms with Crippen molar-refractivity contribution in [1.29, 1.82) is 0 Å². The van der Waals surface area contributed by atoms with E-state index in [0.29, 0.717) is 32.1 Å². The lowest BCUT2D eigenvalue weighted by Crippen LogP contribution is -2.28. The Balaban J connectivity index is 2.11. The topological polar surface area (TPSA) is 130 Å². The van der Waals surface area contributed by atoms with Crippen molar-refractivity contribution in [1.82, 2.24) is 0 Å². The van der Waals surface area contributed by atoms with Gasteiger partial charge in [-0.25, -0.2) is 0 Å². The smallest absolute Gasteiger partial charge is 0.306 e. The van der Waals surface area contributed by atoms with Crippen LogP contribution in [0.15, 0.2) is 24.3 Å². The van der Waals surface area contributed by atoms with Gasteiger partial charge >= 0.3 is 11.9 Å². The van der Waals surface area contributed by atoms with Crippen LogP contribution in [0.25, 0.3) is 0 Å². The number of hydrogen-bond acceptors (Lipinski definition) is 8. The van der Waals surface area contributed by atoms with Crippen LogP contribution < -0.4 is 0 Å². The normalized spacial score (nSPS) is 19.2. The molecule has 0 saturated heterocycles. The predicted octanol–water partition coefficient (Wildman–Crippen LogP) is 8.88. The van der Waals surface area contributed by atoms with Gasteiger partial charge in [0.25, 0.3) is 0 Å². The van der Waals surface area contributed by atoms with E-state index in [1.807, 2.05) is 12.2 Å². The number of allylic oxidation sites excluding steroid dienone is 2. The van der Waals surface area contributed by atoms with E-state index in [2.05, 4.69) is 13.8 Å². The fourth-order valence-corrected chi connectivity index (χ4v) is 6.48. The van der Waals surface area contributed by atoms with Crippen LogP contribution in [-0.4, -0.2) is 64.6 Å². The summed E-state index contributed by atoms with van der Waals surface area (Å²) >= 11 is 0. The molecule has 1 saturated carbocycles. The summed E-state index contributed by atoms with van der Waals surface area (Å²) in [7, 11) is 0. The molecule has 3 N–H and O–H groups in total. The zero-order valence-corrected chi connectivity index (χ0v) is 31.2. The fourth-order valence-electron chi connectivity index (χ4n) is 6.48. The molecule has 284 valence electrons. The Bertz CT molecular complexity index is 900. The second kappa shape index (κ2) is 30.8. The highest BCUT2D eigenvalue weighted by atomic mass is 16.6. The van der Waals surface area contributed by atoms with E-state index in [0.717, 1.165) is 38.5 Å². The molecule has 0 bridgehead atoms. The summed E-state index contributed by atoms with van der Waals surface area (Å²) < 4.78 is 10.5. The van der Waals surface area contributed by atoms with Crippen molar-refractivity contribution in [3.63, 3.8) is 0 Å². The third-order valence-corrected chi connectivity index (χ3v) is 9.62. The van der Waals surface area contributed by atoms with Crippen LogP contribution in [0.1, 0.15) is 174 Å². The van der Waals surface area contributed by atoms with Crippen LogP contribution in [0.5, 0.6) is 0 Å². The number of unbranched alkanes of at least 4 members (excludes halogenated alkanes) is 17. The maximum atomic E-state index is 12.4. The van der Waals surface area contributed by atoms with Crippen molar-refractivity contribution in [2.75, 3.05) is 13.2 Å². The Morgan fingerprint density at radius 2 is 1.33 bits per heavy atom. The largest absolute Gasteiger partial charge is 0.462 e. The lowest BCUT2D eigenvalue weighted by molar-refractivity contribution is -0.161. The third-order valence-electron chi connectivity index (χ3n) is 9.62. The molecule has 0 unspecified atom stereocenters. The van der Waals surface area contributed by atoms with Gasteiger partial charge in [0.15, 0.2) is 6.10 Å². The molecule has 8 heteroatoms. The maximum Gasteiger partial charge on any atom is 0.306 e. The molecular formula is C41H72O8. The summed E-state index contributed by atoms with van der Waals surface area (Å²) in [6.07, 6.45) is 30.2. The molecular weight excluding hydrogens is 620 g/mol. The number of hydrogen-bond donors (Lipinski definition) is 3. The SMILES string of the molecule is CCCCCCCCCCCCCCCCCC(=O)OC[C@H](CO)OC(=O)CCC/C=C\C[C@H]1C(=O)C[C@@H](O)[C@@H]1/C=C/[C@@H](O)CCCCC. The molecule has 1 fully saturated rings. The summed E-state index contributed by atoms with van der Waals surface area (Å²) in [6.45, 7) is 3.81. The van der Waals surface area contributed by atoms with Gasteiger partial charge < -0.3 is 24.8 Å². The number of carbonyl (C=O) groups excluding carboxylic acids is 3. The summed E-state index contributed by atoms with van der Waals surface area (Å²) in [4.78, 5) is 36.8. The molecule has 1 aliphatic carbocycles. The Morgan fingerprint density at radius 1 is 0.776 bits per heavy atom. The molecule has 0 aromatic rings. The van der Waals surface area contributed by atoms with E-state index < -0.39 is 30.9 Å². The molecule has 0 aromatic carbocycles. The van der Waals surface area contributed by atoms with Crippen LogP contribution in [0, 0.1) is 11.8 Å². The highest BCUT2D eigenvalue weighted by Gasteiger charge is 2.39. The molecule has 0 spiro atoms. The van der Waals surface area contributed by atoms with Crippen LogP contribution in [0.4, 0.5) is 0 Å². The summed E-state index contributed by atoms with van der Waals surface area (Å²) in [5.74, 6) is -1.38. The Labute approximate surface area is 298 Å². The molecule has 8 nitrogen and oxygen atoms in total. The van der Waals surface area contributed by atoms with Crippen LogP contribution >= 0.6 is 0 Å². The van der Waals surface area contributed by atoms with E-state index in [9.17, 15) is 29.7 Å². The van der Waals surface area contributed by atoms with E-state index in [4.69, 9.17) is 9.47 Å². The van der Waals surface area contributed by atoms with Gasteiger partial charge in [-0.05, 0) is 32.1 Å². The standard InChI is InChI=1S/C41H72O8/c1-3-5-7-8-9-10-11-12-13-14-15-16-17-18-23-27-40(46)48-33-35(32-42)49-41(47)28-24-20-19-22-26-36-37(39(45)31-38(36)44)30-29-34(43)25-21-6-4-2/h19,22,29-30,34-37,39,42-43,45H,3-18,20-21,23-28,31-33H2,1-2H3/b22-19-,30-29+/t34-,35-,36+,37+,39+/m0/s1. The minimum atomic E-state index is -0.872. The maximum absolute atomic E-state index is 12.4. The monoisotopic (exact) mass is 693 g/mol. The number of carbonyl (C=O) groups is 3. The lowest BCUT2D eigenvalue weighted by atomic mass is 9.90. The van der Waals surface area contributed by atoms with Gasteiger partial charge in [0, 0.05) is 31.1 Å². The first-order valence-corrected chi connectivity index (χ1v) is 20.0. The Hall–Kier alpha value is -2.03. The number of ketones is 1. The number of rotatable bonds is 32. The van der Waals surface area contributed by atoms with E-state index in [1.54, 1.807) is 12.2 Å². The van der Waals surface area contributed by atoms with Gasteiger partial charge in [-0.1, -0.05) is 147 Å². The van der Waals surface area contributed by atoms with Crippen molar-refractivity contribution in [2.24, 2.45) is 11.8 Å². The van der Waals surface area contributed by atoms with E-state index in [1.165, 1.54) is 77.0 Å². The first-order chi connectivity index (χ1) is 23.8. The molecule has 0 heterocycles. The number of Topliss-reactive ketones (excluding diaryl/α,β-unsaturated/α-hetero) is 1. The zero-order valence-electron chi connectivity index (χ0n) is 31.2. The second-order valence-electron chi connectivity index (χ2n) is 14.1. The summed E-state index contributed by atoms with van der Waals surface area (Å²) in [6, 6.07) is 0. The van der Waals surface area contributed by atoms with Gasteiger partial charge in [0.2, 0.25) is 0 Å². The minimum absolute atomic E-state index is 0.0291. The van der Waals surface area contributed by atoms with Crippen molar-refractivity contribution < 1.29 is 39.2 Å². The van der Waals surface area contributed by atoms with Crippen molar-refractivity contribution >= 4 is 17.7 Å². The van der Waals surface area contributed by atoms with Crippen LogP contribution in [0.2, 0.25) is 0 Å². The van der Waals surface area contributed by atoms with Gasteiger partial charge in [0.05, 0.1) is 18.8 Å². The quantitative estimate of drug-likeness (QED) is 0.0362. The van der Waals surface area contributed by atoms with Gasteiger partial charge in [-0.2, -0.15) is 0 Å². The molecule has 0 aromatic heterocycles. The van der Waals surface area contributed by atoms with Crippen LogP contribution in [0.3, 0.4) is 0 Å². The Morgan fingerprint density at radius 3 is 1.92 bits per heavy atom. The number of aliphatic hydroxyl groups is 3. The average Bonchev–Trinajstić information content (AvgIpc) is 3.36. The summed E-state index contributed by atoms with van der Waals surface area (Å²) in [5, 5.41) is 30.1. The highest BCUT2D eigenvalue weighted by Crippen LogP contribution is 2.33. The summed E-state index contributed by atoms with van der Waals surface area (Å²) in [5.41, 5.74) is 0. The number of ether oxygens (including phenoxy) is 2. The van der Waals surface area contributed by atoms with Crippen LogP contribution in [-0.2, 0) is 23.9 Å².